The Bertz CT molecular complexity index is 688. The molecule has 0 amide bonds. The van der Waals surface area contributed by atoms with Crippen molar-refractivity contribution in [1.29, 1.82) is 0 Å². The number of halogens is 6. The molecule has 24 heavy (non-hydrogen) atoms. The van der Waals surface area contributed by atoms with E-state index in [0.717, 1.165) is 12.1 Å². The first-order valence-corrected chi connectivity index (χ1v) is 7.24. The Labute approximate surface area is 141 Å². The summed E-state index contributed by atoms with van der Waals surface area (Å²) in [4.78, 5) is 0. The first kappa shape index (κ1) is 18.5. The van der Waals surface area contributed by atoms with Gasteiger partial charge in [0.25, 0.3) is 6.43 Å². The van der Waals surface area contributed by atoms with Crippen molar-refractivity contribution in [1.82, 2.24) is 0 Å². The third kappa shape index (κ3) is 5.07. The lowest BCUT2D eigenvalue weighted by Gasteiger charge is -2.16. The van der Waals surface area contributed by atoms with Gasteiger partial charge in [-0.2, -0.15) is 0 Å². The van der Waals surface area contributed by atoms with Gasteiger partial charge in [-0.1, -0.05) is 15.9 Å². The van der Waals surface area contributed by atoms with E-state index in [0.29, 0.717) is 4.47 Å². The minimum Gasteiger partial charge on any atom is -0.457 e. The molecule has 3 nitrogen and oxygen atoms in total. The van der Waals surface area contributed by atoms with E-state index in [1.165, 1.54) is 30.3 Å². The number of aliphatic hydroxyl groups excluding tert-OH is 1. The number of rotatable bonds is 5. The lowest BCUT2D eigenvalue weighted by atomic mass is 10.1. The van der Waals surface area contributed by atoms with Gasteiger partial charge in [-0.3, -0.25) is 0 Å². The fraction of sp³-hybridized carbons (Fsp3) is 0.200. The fourth-order valence-electron chi connectivity index (χ4n) is 1.82. The maximum absolute atomic E-state index is 12.7. The summed E-state index contributed by atoms with van der Waals surface area (Å²) in [7, 11) is 0. The summed E-state index contributed by atoms with van der Waals surface area (Å²) in [6.07, 6.45) is -9.91. The predicted octanol–water partition coefficient (Wildman–Crippen LogP) is 5.44. The molecule has 0 aliphatic carbocycles. The zero-order valence-corrected chi connectivity index (χ0v) is 13.3. The highest BCUT2D eigenvalue weighted by Gasteiger charge is 2.31. The molecule has 1 N–H and O–H groups in total. The van der Waals surface area contributed by atoms with E-state index in [1.807, 2.05) is 0 Å². The Hall–Kier alpha value is -1.87. The predicted molar refractivity (Wildman–Crippen MR) is 78.3 cm³/mol. The Morgan fingerprint density at radius 2 is 1.54 bits per heavy atom. The van der Waals surface area contributed by atoms with Gasteiger partial charge < -0.3 is 14.6 Å². The SMILES string of the molecule is OC(c1cc(Br)ccc1Oc1ccc(OC(F)(F)F)cc1)C(F)F. The van der Waals surface area contributed by atoms with Crippen molar-refractivity contribution in [3.63, 3.8) is 0 Å². The third-order valence-electron chi connectivity index (χ3n) is 2.81. The summed E-state index contributed by atoms with van der Waals surface area (Å²) >= 11 is 3.10. The van der Waals surface area contributed by atoms with E-state index in [2.05, 4.69) is 20.7 Å². The van der Waals surface area contributed by atoms with Crippen LogP contribution in [0, 0.1) is 0 Å². The largest absolute Gasteiger partial charge is 0.573 e. The monoisotopic (exact) mass is 412 g/mol. The number of alkyl halides is 5. The van der Waals surface area contributed by atoms with Crippen LogP contribution in [0.1, 0.15) is 11.7 Å². The molecule has 0 radical (unpaired) electrons. The van der Waals surface area contributed by atoms with Gasteiger partial charge in [-0.15, -0.1) is 13.2 Å². The Kier molecular flexibility index (Phi) is 5.66. The van der Waals surface area contributed by atoms with Gasteiger partial charge in [-0.25, -0.2) is 8.78 Å². The van der Waals surface area contributed by atoms with E-state index < -0.39 is 24.6 Å². The minimum absolute atomic E-state index is 0.0458. The lowest BCUT2D eigenvalue weighted by Crippen LogP contribution is -2.16. The molecule has 0 saturated carbocycles. The molecule has 2 aromatic rings. The molecule has 0 bridgehead atoms. The summed E-state index contributed by atoms with van der Waals surface area (Å²) < 4.78 is 71.3. The van der Waals surface area contributed by atoms with Crippen molar-refractivity contribution in [2.24, 2.45) is 0 Å². The molecule has 9 heteroatoms. The van der Waals surface area contributed by atoms with Crippen LogP contribution in [0.3, 0.4) is 0 Å². The van der Waals surface area contributed by atoms with Gasteiger partial charge in [0.05, 0.1) is 0 Å². The first-order valence-electron chi connectivity index (χ1n) is 6.45. The quantitative estimate of drug-likeness (QED) is 0.664. The van der Waals surface area contributed by atoms with Crippen LogP contribution < -0.4 is 9.47 Å². The van der Waals surface area contributed by atoms with Crippen LogP contribution in [0.4, 0.5) is 22.0 Å². The second-order valence-corrected chi connectivity index (χ2v) is 5.50. The molecular formula is C15H10BrF5O3. The molecular weight excluding hydrogens is 403 g/mol. The maximum Gasteiger partial charge on any atom is 0.573 e. The molecule has 0 aliphatic rings. The number of hydrogen-bond acceptors (Lipinski definition) is 3. The van der Waals surface area contributed by atoms with Crippen LogP contribution in [-0.2, 0) is 0 Å². The van der Waals surface area contributed by atoms with Crippen LogP contribution in [0.5, 0.6) is 17.2 Å². The Balaban J connectivity index is 2.22. The fourth-order valence-corrected chi connectivity index (χ4v) is 2.19. The summed E-state index contributed by atoms with van der Waals surface area (Å²) in [5.74, 6) is -0.399. The van der Waals surface area contributed by atoms with Crippen molar-refractivity contribution in [2.75, 3.05) is 0 Å². The highest BCUT2D eigenvalue weighted by atomic mass is 79.9. The van der Waals surface area contributed by atoms with E-state index in [4.69, 9.17) is 4.74 Å². The number of benzene rings is 2. The van der Waals surface area contributed by atoms with Crippen molar-refractivity contribution in [2.45, 2.75) is 18.9 Å². The van der Waals surface area contributed by atoms with Crippen molar-refractivity contribution < 1.29 is 36.5 Å². The normalized spacial score (nSPS) is 13.0. The second-order valence-electron chi connectivity index (χ2n) is 4.58. The van der Waals surface area contributed by atoms with Crippen LogP contribution >= 0.6 is 15.9 Å². The van der Waals surface area contributed by atoms with Gasteiger partial charge in [0.1, 0.15) is 23.4 Å². The molecule has 1 atom stereocenters. The smallest absolute Gasteiger partial charge is 0.457 e. The molecule has 2 rings (SSSR count). The van der Waals surface area contributed by atoms with Crippen LogP contribution in [0.2, 0.25) is 0 Å². The summed E-state index contributed by atoms with van der Waals surface area (Å²) in [5.41, 5.74) is -0.157. The lowest BCUT2D eigenvalue weighted by molar-refractivity contribution is -0.274. The van der Waals surface area contributed by atoms with Gasteiger partial charge >= 0.3 is 6.36 Å². The van der Waals surface area contributed by atoms with Gasteiger partial charge in [0.2, 0.25) is 0 Å². The molecule has 1 unspecified atom stereocenters. The Morgan fingerprint density at radius 3 is 2.08 bits per heavy atom. The number of aliphatic hydroxyl groups is 1. The standard InChI is InChI=1S/C15H10BrF5O3/c16-8-1-6-12(11(7-8)13(22)14(17)18)23-9-2-4-10(5-3-9)24-15(19,20)21/h1-7,13-14,22H. The van der Waals surface area contributed by atoms with Crippen molar-refractivity contribution in [3.05, 3.63) is 52.5 Å². The highest BCUT2D eigenvalue weighted by molar-refractivity contribution is 9.10. The van der Waals surface area contributed by atoms with Crippen LogP contribution in [-0.4, -0.2) is 17.9 Å². The highest BCUT2D eigenvalue weighted by Crippen LogP contribution is 2.35. The molecule has 0 aromatic heterocycles. The molecule has 0 heterocycles. The van der Waals surface area contributed by atoms with Crippen molar-refractivity contribution in [3.8, 4) is 17.2 Å². The molecule has 0 saturated heterocycles. The van der Waals surface area contributed by atoms with E-state index in [-0.39, 0.29) is 17.1 Å². The summed E-state index contributed by atoms with van der Waals surface area (Å²) in [5, 5.41) is 9.56. The molecule has 0 spiro atoms. The number of hydrogen-bond donors (Lipinski definition) is 1. The average Bonchev–Trinajstić information content (AvgIpc) is 2.48. The van der Waals surface area contributed by atoms with E-state index in [1.54, 1.807) is 0 Å². The first-order chi connectivity index (χ1) is 11.2. The average molecular weight is 413 g/mol. The zero-order valence-electron chi connectivity index (χ0n) is 11.7. The Morgan fingerprint density at radius 1 is 0.958 bits per heavy atom. The summed E-state index contributed by atoms with van der Waals surface area (Å²) in [6, 6.07) is 8.54. The van der Waals surface area contributed by atoms with E-state index in [9.17, 15) is 27.1 Å². The van der Waals surface area contributed by atoms with Gasteiger partial charge in [-0.05, 0) is 42.5 Å². The third-order valence-corrected chi connectivity index (χ3v) is 3.31. The number of ether oxygens (including phenoxy) is 2. The molecule has 2 aromatic carbocycles. The molecule has 130 valence electrons. The topological polar surface area (TPSA) is 38.7 Å². The van der Waals surface area contributed by atoms with Crippen LogP contribution in [0.15, 0.2) is 46.9 Å². The van der Waals surface area contributed by atoms with Crippen molar-refractivity contribution >= 4 is 15.9 Å². The van der Waals surface area contributed by atoms with Gasteiger partial charge in [0, 0.05) is 10.0 Å². The minimum atomic E-state index is -4.82. The maximum atomic E-state index is 12.7. The van der Waals surface area contributed by atoms with Gasteiger partial charge in [0.15, 0.2) is 0 Å². The molecule has 0 aliphatic heterocycles. The van der Waals surface area contributed by atoms with Crippen LogP contribution in [0.25, 0.3) is 0 Å². The second kappa shape index (κ2) is 7.35. The zero-order chi connectivity index (χ0) is 17.9. The molecule has 0 fully saturated rings. The summed E-state index contributed by atoms with van der Waals surface area (Å²) in [6.45, 7) is 0. The van der Waals surface area contributed by atoms with E-state index >= 15 is 0 Å².